The molecule has 0 N–H and O–H groups in total. The summed E-state index contributed by atoms with van der Waals surface area (Å²) in [5.74, 6) is 2.86. The van der Waals surface area contributed by atoms with Crippen LogP contribution in [0, 0.1) is 23.2 Å². The molecule has 0 aromatic heterocycles. The van der Waals surface area contributed by atoms with Gasteiger partial charge in [0.2, 0.25) is 0 Å². The van der Waals surface area contributed by atoms with Gasteiger partial charge in [0.25, 0.3) is 0 Å². The highest BCUT2D eigenvalue weighted by molar-refractivity contribution is 5.03. The van der Waals surface area contributed by atoms with Crippen LogP contribution < -0.4 is 0 Å². The van der Waals surface area contributed by atoms with Gasteiger partial charge >= 0.3 is 0 Å². The molecule has 1 aliphatic rings. The summed E-state index contributed by atoms with van der Waals surface area (Å²) in [4.78, 5) is 0. The Bertz CT molecular complexity index is 129. The fraction of sp³-hybridized carbons (Fsp3) is 1.00. The molecular formula is C11H22. The molecule has 3 atom stereocenters. The Kier molecular flexibility index (Phi) is 2.32. The van der Waals surface area contributed by atoms with E-state index in [4.69, 9.17) is 0 Å². The largest absolute Gasteiger partial charge is 0.0651 e. The maximum absolute atomic E-state index is 2.45. The zero-order valence-electron chi connectivity index (χ0n) is 8.65. The van der Waals surface area contributed by atoms with Crippen molar-refractivity contribution in [3.05, 3.63) is 0 Å². The molecule has 1 rings (SSSR count). The Morgan fingerprint density at radius 3 is 2.00 bits per heavy atom. The Morgan fingerprint density at radius 2 is 1.73 bits per heavy atom. The first-order valence-corrected chi connectivity index (χ1v) is 5.02. The minimum Gasteiger partial charge on any atom is -0.0651 e. The molecule has 1 saturated carbocycles. The van der Waals surface area contributed by atoms with Gasteiger partial charge < -0.3 is 0 Å². The molecule has 0 spiro atoms. The molecule has 0 heteroatoms. The molecule has 0 bridgehead atoms. The van der Waals surface area contributed by atoms with Crippen molar-refractivity contribution < 1.29 is 0 Å². The fourth-order valence-corrected chi connectivity index (χ4v) is 2.34. The van der Waals surface area contributed by atoms with E-state index in [-0.39, 0.29) is 0 Å². The van der Waals surface area contributed by atoms with Gasteiger partial charge in [-0.15, -0.1) is 0 Å². The van der Waals surface area contributed by atoms with Gasteiger partial charge in [0.1, 0.15) is 0 Å². The lowest BCUT2D eigenvalue weighted by molar-refractivity contribution is 0.353. The maximum Gasteiger partial charge on any atom is -0.0266 e. The zero-order chi connectivity index (χ0) is 8.65. The molecule has 11 heavy (non-hydrogen) atoms. The van der Waals surface area contributed by atoms with E-state index in [1.165, 1.54) is 12.8 Å². The van der Waals surface area contributed by atoms with Gasteiger partial charge in [0.05, 0.1) is 0 Å². The summed E-state index contributed by atoms with van der Waals surface area (Å²) in [7, 11) is 0. The standard InChI is InChI=1S/C11H22/c1-6-8(2)7-11(5)9(3)10(11)4/h8-10H,6-7H2,1-5H3. The minimum atomic E-state index is 0.690. The second-order valence-electron chi connectivity index (χ2n) is 4.80. The van der Waals surface area contributed by atoms with Crippen LogP contribution in [0.3, 0.4) is 0 Å². The molecule has 1 fully saturated rings. The van der Waals surface area contributed by atoms with Crippen molar-refractivity contribution in [2.75, 3.05) is 0 Å². The zero-order valence-corrected chi connectivity index (χ0v) is 8.65. The highest BCUT2D eigenvalue weighted by atomic mass is 14.6. The summed E-state index contributed by atoms with van der Waals surface area (Å²) in [5, 5.41) is 0. The predicted octanol–water partition coefficient (Wildman–Crippen LogP) is 3.71. The van der Waals surface area contributed by atoms with E-state index >= 15 is 0 Å². The van der Waals surface area contributed by atoms with Crippen LogP contribution in [-0.4, -0.2) is 0 Å². The van der Waals surface area contributed by atoms with E-state index in [1.54, 1.807) is 0 Å². The SMILES string of the molecule is CCC(C)CC1(C)C(C)C1C. The van der Waals surface area contributed by atoms with Crippen LogP contribution in [0.5, 0.6) is 0 Å². The Morgan fingerprint density at radius 1 is 1.27 bits per heavy atom. The molecule has 1 aliphatic carbocycles. The number of hydrogen-bond donors (Lipinski definition) is 0. The molecule has 0 saturated heterocycles. The first-order valence-electron chi connectivity index (χ1n) is 5.02. The fourth-order valence-electron chi connectivity index (χ4n) is 2.34. The van der Waals surface area contributed by atoms with E-state index in [0.29, 0.717) is 5.41 Å². The summed E-state index contributed by atoms with van der Waals surface area (Å²) in [6, 6.07) is 0. The highest BCUT2D eigenvalue weighted by Gasteiger charge is 2.54. The summed E-state index contributed by atoms with van der Waals surface area (Å²) < 4.78 is 0. The maximum atomic E-state index is 2.45. The van der Waals surface area contributed by atoms with Gasteiger partial charge in [-0.2, -0.15) is 0 Å². The van der Waals surface area contributed by atoms with Crippen molar-refractivity contribution in [1.82, 2.24) is 0 Å². The summed E-state index contributed by atoms with van der Waals surface area (Å²) in [6.07, 6.45) is 2.78. The van der Waals surface area contributed by atoms with Crippen molar-refractivity contribution in [2.24, 2.45) is 23.2 Å². The van der Waals surface area contributed by atoms with Crippen molar-refractivity contribution in [3.63, 3.8) is 0 Å². The lowest BCUT2D eigenvalue weighted by atomic mass is 9.90. The summed E-state index contributed by atoms with van der Waals surface area (Å²) >= 11 is 0. The molecule has 3 unspecified atom stereocenters. The third kappa shape index (κ3) is 1.45. The molecule has 66 valence electrons. The summed E-state index contributed by atoms with van der Waals surface area (Å²) in [5.41, 5.74) is 0.690. The Labute approximate surface area is 71.4 Å². The second-order valence-corrected chi connectivity index (χ2v) is 4.80. The third-order valence-corrected chi connectivity index (χ3v) is 4.21. The lowest BCUT2D eigenvalue weighted by Crippen LogP contribution is -2.05. The lowest BCUT2D eigenvalue weighted by Gasteiger charge is -2.15. The van der Waals surface area contributed by atoms with Crippen molar-refractivity contribution in [2.45, 2.75) is 47.5 Å². The van der Waals surface area contributed by atoms with Crippen LogP contribution in [0.25, 0.3) is 0 Å². The van der Waals surface area contributed by atoms with Crippen LogP contribution in [0.15, 0.2) is 0 Å². The Balaban J connectivity index is 2.38. The smallest absolute Gasteiger partial charge is 0.0266 e. The summed E-state index contributed by atoms with van der Waals surface area (Å²) in [6.45, 7) is 11.9. The number of hydrogen-bond acceptors (Lipinski definition) is 0. The highest BCUT2D eigenvalue weighted by Crippen LogP contribution is 2.61. The van der Waals surface area contributed by atoms with E-state index in [0.717, 1.165) is 17.8 Å². The van der Waals surface area contributed by atoms with Gasteiger partial charge in [0.15, 0.2) is 0 Å². The molecule has 0 aromatic rings. The van der Waals surface area contributed by atoms with Gasteiger partial charge in [-0.1, -0.05) is 41.0 Å². The molecule has 0 aliphatic heterocycles. The number of rotatable bonds is 3. The van der Waals surface area contributed by atoms with Gasteiger partial charge in [0, 0.05) is 0 Å². The Hall–Kier alpha value is 0. The van der Waals surface area contributed by atoms with Crippen molar-refractivity contribution in [1.29, 1.82) is 0 Å². The topological polar surface area (TPSA) is 0 Å². The van der Waals surface area contributed by atoms with E-state index in [2.05, 4.69) is 34.6 Å². The van der Waals surface area contributed by atoms with E-state index < -0.39 is 0 Å². The van der Waals surface area contributed by atoms with Gasteiger partial charge in [-0.3, -0.25) is 0 Å². The van der Waals surface area contributed by atoms with Crippen molar-refractivity contribution in [3.8, 4) is 0 Å². The molecule has 0 heterocycles. The van der Waals surface area contributed by atoms with Crippen LogP contribution in [-0.2, 0) is 0 Å². The monoisotopic (exact) mass is 154 g/mol. The van der Waals surface area contributed by atoms with E-state index in [1.807, 2.05) is 0 Å². The van der Waals surface area contributed by atoms with Crippen LogP contribution in [0.4, 0.5) is 0 Å². The molecule has 0 amide bonds. The first kappa shape index (κ1) is 9.09. The molecular weight excluding hydrogens is 132 g/mol. The van der Waals surface area contributed by atoms with Crippen LogP contribution in [0.1, 0.15) is 47.5 Å². The average Bonchev–Trinajstić information content (AvgIpc) is 2.41. The predicted molar refractivity (Wildman–Crippen MR) is 50.5 cm³/mol. The molecule has 0 aromatic carbocycles. The minimum absolute atomic E-state index is 0.690. The van der Waals surface area contributed by atoms with E-state index in [9.17, 15) is 0 Å². The van der Waals surface area contributed by atoms with Gasteiger partial charge in [-0.25, -0.2) is 0 Å². The average molecular weight is 154 g/mol. The third-order valence-electron chi connectivity index (χ3n) is 4.21. The quantitative estimate of drug-likeness (QED) is 0.581. The molecule has 0 radical (unpaired) electrons. The normalized spacial score (nSPS) is 45.5. The van der Waals surface area contributed by atoms with Gasteiger partial charge in [-0.05, 0) is 29.6 Å². The first-order chi connectivity index (χ1) is 5.02. The second kappa shape index (κ2) is 2.80. The van der Waals surface area contributed by atoms with Crippen LogP contribution >= 0.6 is 0 Å². The molecule has 0 nitrogen and oxygen atoms in total. The van der Waals surface area contributed by atoms with Crippen molar-refractivity contribution >= 4 is 0 Å². The van der Waals surface area contributed by atoms with Crippen LogP contribution in [0.2, 0.25) is 0 Å².